The third kappa shape index (κ3) is 1.99. The highest BCUT2D eigenvalue weighted by atomic mass is 19.1. The van der Waals surface area contributed by atoms with E-state index in [-0.39, 0.29) is 11.7 Å². The van der Waals surface area contributed by atoms with E-state index in [1.165, 1.54) is 19.2 Å². The molecule has 0 bridgehead atoms. The Labute approximate surface area is 87.2 Å². The van der Waals surface area contributed by atoms with E-state index in [0.717, 1.165) is 0 Å². The molecular formula is C11H12FNO2. The molecule has 1 aromatic rings. The first kappa shape index (κ1) is 10.1. The van der Waals surface area contributed by atoms with E-state index in [0.29, 0.717) is 24.4 Å². The minimum absolute atomic E-state index is 0.0171. The van der Waals surface area contributed by atoms with Crippen LogP contribution in [0.1, 0.15) is 10.4 Å². The monoisotopic (exact) mass is 209 g/mol. The van der Waals surface area contributed by atoms with Gasteiger partial charge < -0.3 is 10.1 Å². The Kier molecular flexibility index (Phi) is 2.68. The lowest BCUT2D eigenvalue weighted by Gasteiger charge is -2.25. The Morgan fingerprint density at radius 1 is 1.47 bits per heavy atom. The molecule has 0 unspecified atom stereocenters. The number of ketones is 1. The number of ether oxygens (including phenoxy) is 1. The molecule has 0 aromatic heterocycles. The van der Waals surface area contributed by atoms with Crippen LogP contribution in [0.25, 0.3) is 0 Å². The molecule has 80 valence electrons. The molecule has 0 spiro atoms. The number of rotatable bonds is 3. The molecule has 1 aliphatic heterocycles. The lowest BCUT2D eigenvalue weighted by atomic mass is 9.93. The zero-order valence-electron chi connectivity index (χ0n) is 8.42. The first-order valence-corrected chi connectivity index (χ1v) is 4.80. The van der Waals surface area contributed by atoms with Crippen molar-refractivity contribution in [3.05, 3.63) is 29.6 Å². The summed E-state index contributed by atoms with van der Waals surface area (Å²) in [5, 5.41) is 3.01. The third-order valence-corrected chi connectivity index (χ3v) is 2.54. The summed E-state index contributed by atoms with van der Waals surface area (Å²) in [4.78, 5) is 11.8. The molecule has 0 atom stereocenters. The van der Waals surface area contributed by atoms with Gasteiger partial charge in [-0.05, 0) is 12.1 Å². The lowest BCUT2D eigenvalue weighted by molar-refractivity contribution is 0.0877. The Hall–Kier alpha value is -1.42. The van der Waals surface area contributed by atoms with Gasteiger partial charge in [-0.25, -0.2) is 4.39 Å². The van der Waals surface area contributed by atoms with Crippen LogP contribution in [-0.4, -0.2) is 26.0 Å². The van der Waals surface area contributed by atoms with E-state index in [1.54, 1.807) is 6.07 Å². The number of carbonyl (C=O) groups is 1. The SMILES string of the molecule is COc1cc(F)cc(C(=O)C2CNC2)c1. The minimum atomic E-state index is -0.440. The van der Waals surface area contributed by atoms with Gasteiger partial charge in [-0.15, -0.1) is 0 Å². The minimum Gasteiger partial charge on any atom is -0.497 e. The van der Waals surface area contributed by atoms with Crippen LogP contribution >= 0.6 is 0 Å². The van der Waals surface area contributed by atoms with Gasteiger partial charge in [-0.2, -0.15) is 0 Å². The normalized spacial score (nSPS) is 15.9. The molecule has 1 aromatic carbocycles. The summed E-state index contributed by atoms with van der Waals surface area (Å²) in [5.41, 5.74) is 0.387. The highest BCUT2D eigenvalue weighted by Crippen LogP contribution is 2.20. The second-order valence-corrected chi connectivity index (χ2v) is 3.60. The van der Waals surface area contributed by atoms with Crippen molar-refractivity contribution in [3.63, 3.8) is 0 Å². The summed E-state index contributed by atoms with van der Waals surface area (Å²) in [5.74, 6) is -0.0985. The molecule has 0 amide bonds. The highest BCUT2D eigenvalue weighted by molar-refractivity contribution is 5.99. The number of hydrogen-bond donors (Lipinski definition) is 1. The van der Waals surface area contributed by atoms with Crippen LogP contribution in [0.3, 0.4) is 0 Å². The standard InChI is InChI=1S/C11H12FNO2/c1-15-10-3-7(2-9(12)4-10)11(14)8-5-13-6-8/h2-4,8,13H,5-6H2,1H3. The van der Waals surface area contributed by atoms with Crippen LogP contribution in [-0.2, 0) is 0 Å². The van der Waals surface area contributed by atoms with Crippen molar-refractivity contribution in [3.8, 4) is 5.75 Å². The maximum atomic E-state index is 13.1. The molecule has 2 rings (SSSR count). The van der Waals surface area contributed by atoms with Gasteiger partial charge in [0.2, 0.25) is 0 Å². The van der Waals surface area contributed by atoms with Crippen LogP contribution in [0, 0.1) is 11.7 Å². The quantitative estimate of drug-likeness (QED) is 0.761. The van der Waals surface area contributed by atoms with Crippen molar-refractivity contribution in [2.75, 3.05) is 20.2 Å². The maximum absolute atomic E-state index is 13.1. The van der Waals surface area contributed by atoms with E-state index < -0.39 is 5.82 Å². The van der Waals surface area contributed by atoms with Crippen molar-refractivity contribution in [2.45, 2.75) is 0 Å². The first-order valence-electron chi connectivity index (χ1n) is 4.80. The summed E-state index contributed by atoms with van der Waals surface area (Å²) >= 11 is 0. The van der Waals surface area contributed by atoms with E-state index >= 15 is 0 Å². The van der Waals surface area contributed by atoms with Gasteiger partial charge in [0, 0.05) is 30.6 Å². The van der Waals surface area contributed by atoms with E-state index in [4.69, 9.17) is 4.74 Å². The number of benzene rings is 1. The number of carbonyl (C=O) groups excluding carboxylic acids is 1. The predicted molar refractivity (Wildman–Crippen MR) is 53.6 cm³/mol. The first-order chi connectivity index (χ1) is 7.20. The van der Waals surface area contributed by atoms with Crippen molar-refractivity contribution in [1.29, 1.82) is 0 Å². The summed E-state index contributed by atoms with van der Waals surface area (Å²) < 4.78 is 18.0. The molecule has 3 nitrogen and oxygen atoms in total. The van der Waals surface area contributed by atoms with Gasteiger partial charge in [0.1, 0.15) is 11.6 Å². The highest BCUT2D eigenvalue weighted by Gasteiger charge is 2.26. The van der Waals surface area contributed by atoms with Crippen molar-refractivity contribution >= 4 is 5.78 Å². The second-order valence-electron chi connectivity index (χ2n) is 3.60. The van der Waals surface area contributed by atoms with Gasteiger partial charge >= 0.3 is 0 Å². The molecule has 1 fully saturated rings. The van der Waals surface area contributed by atoms with Gasteiger partial charge in [0.05, 0.1) is 7.11 Å². The summed E-state index contributed by atoms with van der Waals surface area (Å²) in [6.07, 6.45) is 0. The molecule has 1 N–H and O–H groups in total. The summed E-state index contributed by atoms with van der Waals surface area (Å²) in [6.45, 7) is 1.36. The van der Waals surface area contributed by atoms with Gasteiger partial charge in [0.15, 0.2) is 5.78 Å². The number of hydrogen-bond acceptors (Lipinski definition) is 3. The average molecular weight is 209 g/mol. The van der Waals surface area contributed by atoms with Gasteiger partial charge in [-0.3, -0.25) is 4.79 Å². The van der Waals surface area contributed by atoms with Crippen molar-refractivity contribution in [2.24, 2.45) is 5.92 Å². The zero-order valence-corrected chi connectivity index (χ0v) is 8.42. The van der Waals surface area contributed by atoms with Gasteiger partial charge in [0.25, 0.3) is 0 Å². The van der Waals surface area contributed by atoms with Crippen LogP contribution in [0.4, 0.5) is 4.39 Å². The van der Waals surface area contributed by atoms with Crippen LogP contribution < -0.4 is 10.1 Å². The third-order valence-electron chi connectivity index (χ3n) is 2.54. The second kappa shape index (κ2) is 3.98. The van der Waals surface area contributed by atoms with Crippen molar-refractivity contribution < 1.29 is 13.9 Å². The topological polar surface area (TPSA) is 38.3 Å². The van der Waals surface area contributed by atoms with Crippen LogP contribution in [0.2, 0.25) is 0 Å². The molecule has 0 radical (unpaired) electrons. The van der Waals surface area contributed by atoms with E-state index in [1.807, 2.05) is 0 Å². The Morgan fingerprint density at radius 3 is 2.73 bits per heavy atom. The number of halogens is 1. The maximum Gasteiger partial charge on any atom is 0.168 e. The lowest BCUT2D eigenvalue weighted by Crippen LogP contribution is -2.46. The summed E-state index contributed by atoms with van der Waals surface area (Å²) in [7, 11) is 1.45. The fourth-order valence-electron chi connectivity index (χ4n) is 1.53. The van der Waals surface area contributed by atoms with Crippen LogP contribution in [0.15, 0.2) is 18.2 Å². The smallest absolute Gasteiger partial charge is 0.168 e. The molecule has 0 aliphatic carbocycles. The molecule has 1 saturated heterocycles. The molecule has 4 heteroatoms. The Morgan fingerprint density at radius 2 is 2.20 bits per heavy atom. The Balaban J connectivity index is 2.26. The van der Waals surface area contributed by atoms with Gasteiger partial charge in [-0.1, -0.05) is 0 Å². The number of Topliss-reactive ketones (excluding diaryl/α,β-unsaturated/α-hetero) is 1. The molecule has 1 heterocycles. The molecular weight excluding hydrogens is 197 g/mol. The zero-order chi connectivity index (χ0) is 10.8. The average Bonchev–Trinajstić information content (AvgIpc) is 2.14. The van der Waals surface area contributed by atoms with E-state index in [9.17, 15) is 9.18 Å². The van der Waals surface area contributed by atoms with Crippen LogP contribution in [0.5, 0.6) is 5.75 Å². The van der Waals surface area contributed by atoms with E-state index in [2.05, 4.69) is 5.32 Å². The predicted octanol–water partition coefficient (Wildman–Crippen LogP) is 1.24. The summed E-state index contributed by atoms with van der Waals surface area (Å²) in [6, 6.07) is 4.09. The Bertz CT molecular complexity index is 388. The fraction of sp³-hybridized carbons (Fsp3) is 0.364. The molecule has 1 aliphatic rings. The fourth-order valence-corrected chi connectivity index (χ4v) is 1.53. The largest absolute Gasteiger partial charge is 0.497 e. The number of nitrogens with one attached hydrogen (secondary N) is 1. The molecule has 15 heavy (non-hydrogen) atoms. The van der Waals surface area contributed by atoms with Crippen molar-refractivity contribution in [1.82, 2.24) is 5.32 Å². The molecule has 0 saturated carbocycles. The number of methoxy groups -OCH3 is 1.